The smallest absolute Gasteiger partial charge is 0.160 e. The van der Waals surface area contributed by atoms with Crippen LogP contribution in [-0.2, 0) is 5.41 Å². The fourth-order valence-corrected chi connectivity index (χ4v) is 13.8. The predicted octanol–water partition coefficient (Wildman–Crippen LogP) is 16.0. The first kappa shape index (κ1) is 36.3. The molecule has 2 heteroatoms. The van der Waals surface area contributed by atoms with Gasteiger partial charge in [0.2, 0.25) is 0 Å². The summed E-state index contributed by atoms with van der Waals surface area (Å²) in [4.78, 5) is 10.5. The molecule has 9 aromatic carbocycles. The molecule has 0 aliphatic heterocycles. The van der Waals surface area contributed by atoms with E-state index in [2.05, 4.69) is 188 Å². The SMILES string of the molecule is c1ccc(-c2cc(-c3c4ccccc4c(-c4cccc(-c5cccc6c5-c5cc7ccccc7cc5C65C6CC7CC(C6)CC5C7)c4)c4ccccc34)nc(-c3ccccc3)n2)cc1. The number of aromatic nitrogens is 2. The van der Waals surface area contributed by atoms with Gasteiger partial charge in [0.05, 0.1) is 11.4 Å². The zero-order chi connectivity index (χ0) is 41.9. The van der Waals surface area contributed by atoms with Gasteiger partial charge in [-0.3, -0.25) is 0 Å². The third-order valence-electron chi connectivity index (χ3n) is 16.0. The molecule has 4 fully saturated rings. The molecule has 1 spiro atoms. The Kier molecular flexibility index (Phi) is 7.90. The lowest BCUT2D eigenvalue weighted by molar-refractivity contribution is -0.0398. The minimum atomic E-state index is 0.0969. The van der Waals surface area contributed by atoms with Crippen LogP contribution in [0.2, 0.25) is 0 Å². The molecule has 0 atom stereocenters. The molecule has 15 rings (SSSR count). The molecule has 4 saturated carbocycles. The zero-order valence-corrected chi connectivity index (χ0v) is 35.7. The Morgan fingerprint density at radius 1 is 0.344 bits per heavy atom. The molecular weight excluding hydrogens is 773 g/mol. The summed E-state index contributed by atoms with van der Waals surface area (Å²) in [5.74, 6) is 3.96. The molecular formula is C62H46N2. The first-order valence-corrected chi connectivity index (χ1v) is 23.4. The first-order chi connectivity index (χ1) is 31.7. The van der Waals surface area contributed by atoms with Gasteiger partial charge in [-0.05, 0) is 157 Å². The van der Waals surface area contributed by atoms with Gasteiger partial charge in [-0.25, -0.2) is 9.97 Å². The number of hydrogen-bond acceptors (Lipinski definition) is 2. The van der Waals surface area contributed by atoms with E-state index in [0.717, 1.165) is 45.7 Å². The van der Waals surface area contributed by atoms with E-state index in [4.69, 9.17) is 9.97 Å². The van der Waals surface area contributed by atoms with Crippen LogP contribution in [0.1, 0.15) is 43.2 Å². The van der Waals surface area contributed by atoms with E-state index in [1.807, 2.05) is 6.07 Å². The standard InChI is InChI=1S/C62H46N2/c1-3-15-40(16-4-1)56-37-57(64-61(63-56)41-17-5-2-6-18-41)60-51-25-11-9-23-49(51)58(50-24-10-12-26-52(50)60)45-22-13-21-44(34-45)48-27-14-28-54-59(48)53-35-42-19-7-8-20-43(42)36-55(53)62(54)46-30-38-29-39(32-46)33-47(62)31-38/h1-28,34-39,46-47H,29-33H2. The Morgan fingerprint density at radius 2 is 0.875 bits per heavy atom. The molecule has 304 valence electrons. The maximum absolute atomic E-state index is 5.38. The van der Waals surface area contributed by atoms with Crippen LogP contribution in [0.4, 0.5) is 0 Å². The molecule has 64 heavy (non-hydrogen) atoms. The Bertz CT molecular complexity index is 3370. The quantitative estimate of drug-likeness (QED) is 0.162. The molecule has 1 heterocycles. The van der Waals surface area contributed by atoms with Gasteiger partial charge in [0.25, 0.3) is 0 Å². The number of nitrogens with zero attached hydrogens (tertiary/aromatic N) is 2. The van der Waals surface area contributed by atoms with Gasteiger partial charge in [0, 0.05) is 22.1 Å². The summed E-state index contributed by atoms with van der Waals surface area (Å²) in [5.41, 5.74) is 16.4. The van der Waals surface area contributed by atoms with E-state index in [1.54, 1.807) is 11.1 Å². The van der Waals surface area contributed by atoms with Crippen LogP contribution in [0.15, 0.2) is 194 Å². The topological polar surface area (TPSA) is 25.8 Å². The fourth-order valence-electron chi connectivity index (χ4n) is 13.8. The van der Waals surface area contributed by atoms with Crippen LogP contribution in [-0.4, -0.2) is 9.97 Å². The maximum atomic E-state index is 5.38. The summed E-state index contributed by atoms with van der Waals surface area (Å²) in [6, 6.07) is 72.0. The van der Waals surface area contributed by atoms with Crippen molar-refractivity contribution in [2.24, 2.45) is 23.7 Å². The highest BCUT2D eigenvalue weighted by Gasteiger charge is 2.61. The van der Waals surface area contributed by atoms with Gasteiger partial charge in [-0.15, -0.1) is 0 Å². The van der Waals surface area contributed by atoms with Gasteiger partial charge in [0.15, 0.2) is 5.82 Å². The molecule has 10 aromatic rings. The normalized spacial score (nSPS) is 21.5. The monoisotopic (exact) mass is 818 g/mol. The Morgan fingerprint density at radius 3 is 1.55 bits per heavy atom. The summed E-state index contributed by atoms with van der Waals surface area (Å²) in [5, 5.41) is 7.52. The number of benzene rings is 9. The number of hydrogen-bond donors (Lipinski definition) is 0. The van der Waals surface area contributed by atoms with Crippen molar-refractivity contribution in [1.82, 2.24) is 9.97 Å². The highest BCUT2D eigenvalue weighted by molar-refractivity contribution is 6.21. The van der Waals surface area contributed by atoms with Gasteiger partial charge in [-0.2, -0.15) is 0 Å². The second-order valence-electron chi connectivity index (χ2n) is 19.3. The average molecular weight is 819 g/mol. The van der Waals surface area contributed by atoms with Crippen LogP contribution < -0.4 is 0 Å². The van der Waals surface area contributed by atoms with Gasteiger partial charge >= 0.3 is 0 Å². The largest absolute Gasteiger partial charge is 0.228 e. The summed E-state index contributed by atoms with van der Waals surface area (Å²) in [6.45, 7) is 0. The summed E-state index contributed by atoms with van der Waals surface area (Å²) in [6.07, 6.45) is 6.98. The molecule has 4 bridgehead atoms. The fraction of sp³-hybridized carbons (Fsp3) is 0.161. The predicted molar refractivity (Wildman–Crippen MR) is 265 cm³/mol. The van der Waals surface area contributed by atoms with Crippen molar-refractivity contribution >= 4 is 32.3 Å². The molecule has 1 aromatic heterocycles. The van der Waals surface area contributed by atoms with Crippen LogP contribution in [0.3, 0.4) is 0 Å². The summed E-state index contributed by atoms with van der Waals surface area (Å²) < 4.78 is 0. The van der Waals surface area contributed by atoms with E-state index in [0.29, 0.717) is 11.8 Å². The molecule has 2 nitrogen and oxygen atoms in total. The van der Waals surface area contributed by atoms with Crippen molar-refractivity contribution in [1.29, 1.82) is 0 Å². The van der Waals surface area contributed by atoms with E-state index in [1.165, 1.54) is 97.8 Å². The minimum absolute atomic E-state index is 0.0969. The highest BCUT2D eigenvalue weighted by Crippen LogP contribution is 2.70. The first-order valence-electron chi connectivity index (χ1n) is 23.4. The average Bonchev–Trinajstić information content (AvgIpc) is 3.63. The summed E-state index contributed by atoms with van der Waals surface area (Å²) in [7, 11) is 0. The third kappa shape index (κ3) is 5.26. The Labute approximate surface area is 374 Å². The van der Waals surface area contributed by atoms with Crippen LogP contribution in [0, 0.1) is 23.7 Å². The van der Waals surface area contributed by atoms with Crippen molar-refractivity contribution in [2.45, 2.75) is 37.5 Å². The number of fused-ring (bicyclic) bond motifs is 6. The number of rotatable bonds is 5. The van der Waals surface area contributed by atoms with Crippen molar-refractivity contribution < 1.29 is 0 Å². The van der Waals surface area contributed by atoms with Gasteiger partial charge in [0.1, 0.15) is 0 Å². The lowest BCUT2D eigenvalue weighted by atomic mass is 9.43. The lowest BCUT2D eigenvalue weighted by Crippen LogP contribution is -2.55. The van der Waals surface area contributed by atoms with Gasteiger partial charge < -0.3 is 0 Å². The third-order valence-corrected chi connectivity index (χ3v) is 16.0. The second-order valence-corrected chi connectivity index (χ2v) is 19.3. The molecule has 0 unspecified atom stereocenters. The maximum Gasteiger partial charge on any atom is 0.160 e. The second kappa shape index (κ2) is 13.9. The van der Waals surface area contributed by atoms with Crippen molar-refractivity contribution in [3.8, 4) is 67.3 Å². The Hall–Kier alpha value is -7.16. The van der Waals surface area contributed by atoms with Crippen molar-refractivity contribution in [3.63, 3.8) is 0 Å². The van der Waals surface area contributed by atoms with Crippen LogP contribution in [0.25, 0.3) is 99.6 Å². The molecule has 0 radical (unpaired) electrons. The molecule has 0 N–H and O–H groups in total. The Balaban J connectivity index is 0.981. The molecule has 5 aliphatic rings. The highest BCUT2D eigenvalue weighted by atomic mass is 14.9. The van der Waals surface area contributed by atoms with E-state index in [-0.39, 0.29) is 5.41 Å². The summed E-state index contributed by atoms with van der Waals surface area (Å²) >= 11 is 0. The van der Waals surface area contributed by atoms with Crippen molar-refractivity contribution in [3.05, 3.63) is 205 Å². The van der Waals surface area contributed by atoms with Crippen molar-refractivity contribution in [2.75, 3.05) is 0 Å². The van der Waals surface area contributed by atoms with Crippen LogP contribution >= 0.6 is 0 Å². The molecule has 0 amide bonds. The van der Waals surface area contributed by atoms with E-state index < -0.39 is 0 Å². The van der Waals surface area contributed by atoms with E-state index in [9.17, 15) is 0 Å². The molecule has 0 saturated heterocycles. The zero-order valence-electron chi connectivity index (χ0n) is 35.7. The van der Waals surface area contributed by atoms with Crippen LogP contribution in [0.5, 0.6) is 0 Å². The van der Waals surface area contributed by atoms with Gasteiger partial charge in [-0.1, -0.05) is 170 Å². The lowest BCUT2D eigenvalue weighted by Gasteiger charge is -2.61. The minimum Gasteiger partial charge on any atom is -0.228 e. The molecule has 5 aliphatic carbocycles. The van der Waals surface area contributed by atoms with E-state index >= 15 is 0 Å².